The molecule has 2 N–H and O–H groups in total. The maximum absolute atomic E-state index is 5.82. The Hall–Kier alpha value is -1.95. The minimum atomic E-state index is 0.129. The standard InChI is InChI=1S/C21H31N3O3/c1-22-20(23-13-16-6-9-25-14-16)24-15-21(7-2-3-8-21)17-4-5-18-19(12-17)27-11-10-26-18/h4-5,12,16H,2-3,6-11,13-15H2,1H3,(H2,22,23,24). The largest absolute Gasteiger partial charge is 0.486 e. The first-order valence-corrected chi connectivity index (χ1v) is 10.2. The Kier molecular flexibility index (Phi) is 5.72. The first kappa shape index (κ1) is 18.4. The van der Waals surface area contributed by atoms with E-state index < -0.39 is 0 Å². The Labute approximate surface area is 161 Å². The highest BCUT2D eigenvalue weighted by molar-refractivity contribution is 5.79. The Bertz CT molecular complexity index is 665. The van der Waals surface area contributed by atoms with Gasteiger partial charge in [-0.25, -0.2) is 0 Å². The SMILES string of the molecule is CN=C(NCC1CCOC1)NCC1(c2ccc3c(c2)OCCO3)CCCC1. The molecule has 2 heterocycles. The lowest BCUT2D eigenvalue weighted by Gasteiger charge is -2.32. The van der Waals surface area contributed by atoms with Crippen LogP contribution in [0.5, 0.6) is 11.5 Å². The van der Waals surface area contributed by atoms with E-state index in [9.17, 15) is 0 Å². The minimum absolute atomic E-state index is 0.129. The first-order chi connectivity index (χ1) is 13.3. The number of hydrogen-bond donors (Lipinski definition) is 2. The van der Waals surface area contributed by atoms with Gasteiger partial charge in [-0.3, -0.25) is 4.99 Å². The number of nitrogens with zero attached hydrogens (tertiary/aromatic N) is 1. The van der Waals surface area contributed by atoms with E-state index >= 15 is 0 Å². The third kappa shape index (κ3) is 4.15. The second-order valence-corrected chi connectivity index (χ2v) is 7.88. The van der Waals surface area contributed by atoms with Crippen molar-refractivity contribution in [2.75, 3.05) is 46.6 Å². The topological polar surface area (TPSA) is 64.1 Å². The van der Waals surface area contributed by atoms with Crippen LogP contribution < -0.4 is 20.1 Å². The van der Waals surface area contributed by atoms with Gasteiger partial charge in [-0.15, -0.1) is 0 Å². The average molecular weight is 373 g/mol. The van der Waals surface area contributed by atoms with Crippen LogP contribution >= 0.6 is 0 Å². The number of aliphatic imine (C=N–C) groups is 1. The van der Waals surface area contributed by atoms with Crippen LogP contribution in [-0.2, 0) is 10.2 Å². The normalized spacial score (nSPS) is 24.0. The number of hydrogen-bond acceptors (Lipinski definition) is 4. The molecule has 1 unspecified atom stereocenters. The predicted molar refractivity (Wildman–Crippen MR) is 106 cm³/mol. The van der Waals surface area contributed by atoms with Crippen molar-refractivity contribution in [3.63, 3.8) is 0 Å². The van der Waals surface area contributed by atoms with Gasteiger partial charge in [-0.05, 0) is 37.0 Å². The molecule has 0 bridgehead atoms. The third-order valence-electron chi connectivity index (χ3n) is 6.12. The molecule has 0 radical (unpaired) electrons. The van der Waals surface area contributed by atoms with Crippen LogP contribution in [0.15, 0.2) is 23.2 Å². The van der Waals surface area contributed by atoms with Crippen LogP contribution in [0.25, 0.3) is 0 Å². The van der Waals surface area contributed by atoms with Crippen molar-refractivity contribution in [1.29, 1.82) is 0 Å². The molecule has 1 aliphatic carbocycles. The van der Waals surface area contributed by atoms with Crippen LogP contribution in [0.4, 0.5) is 0 Å². The van der Waals surface area contributed by atoms with Crippen LogP contribution in [0.2, 0.25) is 0 Å². The zero-order chi connectivity index (χ0) is 18.5. The fourth-order valence-electron chi connectivity index (χ4n) is 4.45. The molecule has 6 nitrogen and oxygen atoms in total. The molecular weight excluding hydrogens is 342 g/mol. The number of fused-ring (bicyclic) bond motifs is 1. The molecule has 1 aromatic rings. The molecule has 2 aliphatic heterocycles. The molecule has 0 aromatic heterocycles. The lowest BCUT2D eigenvalue weighted by molar-refractivity contribution is 0.171. The summed E-state index contributed by atoms with van der Waals surface area (Å²) in [6.07, 6.45) is 6.04. The maximum Gasteiger partial charge on any atom is 0.191 e. The first-order valence-electron chi connectivity index (χ1n) is 10.2. The molecule has 3 aliphatic rings. The minimum Gasteiger partial charge on any atom is -0.486 e. The second-order valence-electron chi connectivity index (χ2n) is 7.88. The summed E-state index contributed by atoms with van der Waals surface area (Å²) in [5.41, 5.74) is 1.47. The van der Waals surface area contributed by atoms with Gasteiger partial charge in [0, 0.05) is 38.1 Å². The smallest absolute Gasteiger partial charge is 0.191 e. The highest BCUT2D eigenvalue weighted by atomic mass is 16.6. The fraction of sp³-hybridized carbons (Fsp3) is 0.667. The summed E-state index contributed by atoms with van der Waals surface area (Å²) >= 11 is 0. The van der Waals surface area contributed by atoms with Crippen molar-refractivity contribution in [3.8, 4) is 11.5 Å². The zero-order valence-electron chi connectivity index (χ0n) is 16.3. The van der Waals surface area contributed by atoms with Crippen molar-refractivity contribution in [3.05, 3.63) is 23.8 Å². The summed E-state index contributed by atoms with van der Waals surface area (Å²) in [6, 6.07) is 6.47. The molecule has 2 fully saturated rings. The summed E-state index contributed by atoms with van der Waals surface area (Å²) in [7, 11) is 1.84. The van der Waals surface area contributed by atoms with Crippen molar-refractivity contribution >= 4 is 5.96 Å². The molecule has 4 rings (SSSR count). The molecule has 1 saturated heterocycles. The summed E-state index contributed by atoms with van der Waals surface area (Å²) in [5.74, 6) is 3.21. The van der Waals surface area contributed by atoms with Gasteiger partial charge >= 0.3 is 0 Å². The molecule has 27 heavy (non-hydrogen) atoms. The molecule has 0 spiro atoms. The molecule has 1 atom stereocenters. The van der Waals surface area contributed by atoms with Crippen LogP contribution in [0.3, 0.4) is 0 Å². The van der Waals surface area contributed by atoms with E-state index in [4.69, 9.17) is 14.2 Å². The number of ether oxygens (including phenoxy) is 3. The van der Waals surface area contributed by atoms with E-state index in [0.717, 1.165) is 50.2 Å². The third-order valence-corrected chi connectivity index (χ3v) is 6.12. The van der Waals surface area contributed by atoms with Gasteiger partial charge in [0.25, 0.3) is 0 Å². The van der Waals surface area contributed by atoms with E-state index in [-0.39, 0.29) is 5.41 Å². The van der Waals surface area contributed by atoms with E-state index in [0.29, 0.717) is 19.1 Å². The molecule has 0 amide bonds. The monoisotopic (exact) mass is 373 g/mol. The maximum atomic E-state index is 5.82. The van der Waals surface area contributed by atoms with E-state index in [1.165, 1.54) is 31.2 Å². The Balaban J connectivity index is 1.42. The van der Waals surface area contributed by atoms with Crippen molar-refractivity contribution in [2.24, 2.45) is 10.9 Å². The highest BCUT2D eigenvalue weighted by Gasteiger charge is 2.36. The van der Waals surface area contributed by atoms with Crippen molar-refractivity contribution in [2.45, 2.75) is 37.5 Å². The van der Waals surface area contributed by atoms with E-state index in [2.05, 4.69) is 33.8 Å². The van der Waals surface area contributed by atoms with Crippen LogP contribution in [-0.4, -0.2) is 52.5 Å². The van der Waals surface area contributed by atoms with Crippen LogP contribution in [0.1, 0.15) is 37.7 Å². The van der Waals surface area contributed by atoms with Crippen LogP contribution in [0, 0.1) is 5.92 Å². The Morgan fingerprint density at radius 1 is 1.11 bits per heavy atom. The summed E-state index contributed by atoms with van der Waals surface area (Å²) < 4.78 is 17.0. The molecular formula is C21H31N3O3. The Morgan fingerprint density at radius 2 is 1.93 bits per heavy atom. The molecule has 148 valence electrons. The van der Waals surface area contributed by atoms with E-state index in [1.54, 1.807) is 0 Å². The van der Waals surface area contributed by atoms with Gasteiger partial charge in [-0.2, -0.15) is 0 Å². The quantitative estimate of drug-likeness (QED) is 0.613. The summed E-state index contributed by atoms with van der Waals surface area (Å²) in [5, 5.41) is 7.05. The van der Waals surface area contributed by atoms with Gasteiger partial charge in [0.15, 0.2) is 17.5 Å². The average Bonchev–Trinajstić information content (AvgIpc) is 3.40. The molecule has 1 saturated carbocycles. The molecule has 1 aromatic carbocycles. The fourth-order valence-corrected chi connectivity index (χ4v) is 4.45. The summed E-state index contributed by atoms with van der Waals surface area (Å²) in [6.45, 7) is 4.79. The molecule has 6 heteroatoms. The van der Waals surface area contributed by atoms with Gasteiger partial charge in [0.2, 0.25) is 0 Å². The lowest BCUT2D eigenvalue weighted by Crippen LogP contribution is -2.46. The predicted octanol–water partition coefficient (Wildman–Crippen LogP) is 2.47. The van der Waals surface area contributed by atoms with Crippen molar-refractivity contribution in [1.82, 2.24) is 10.6 Å². The number of benzene rings is 1. The number of guanidine groups is 1. The van der Waals surface area contributed by atoms with Gasteiger partial charge in [0.05, 0.1) is 6.61 Å². The van der Waals surface area contributed by atoms with Crippen molar-refractivity contribution < 1.29 is 14.2 Å². The highest BCUT2D eigenvalue weighted by Crippen LogP contribution is 2.43. The van der Waals surface area contributed by atoms with Gasteiger partial charge < -0.3 is 24.8 Å². The number of rotatable bonds is 5. The second kappa shape index (κ2) is 8.38. The lowest BCUT2D eigenvalue weighted by atomic mass is 9.78. The Morgan fingerprint density at radius 3 is 2.67 bits per heavy atom. The summed E-state index contributed by atoms with van der Waals surface area (Å²) in [4.78, 5) is 4.41. The van der Waals surface area contributed by atoms with E-state index in [1.807, 2.05) is 7.05 Å². The van der Waals surface area contributed by atoms with Gasteiger partial charge in [-0.1, -0.05) is 18.9 Å². The van der Waals surface area contributed by atoms with Gasteiger partial charge in [0.1, 0.15) is 13.2 Å². The number of nitrogens with one attached hydrogen (secondary N) is 2. The zero-order valence-corrected chi connectivity index (χ0v) is 16.3.